The summed E-state index contributed by atoms with van der Waals surface area (Å²) < 4.78 is 59.7. The molecule has 0 spiro atoms. The van der Waals surface area contributed by atoms with E-state index in [0.717, 1.165) is 40.2 Å². The number of hydrogen-bond acceptors (Lipinski definition) is 6. The Bertz CT molecular complexity index is 1780. The highest BCUT2D eigenvalue weighted by Gasteiger charge is 2.59. The molecule has 11 heteroatoms. The van der Waals surface area contributed by atoms with Crippen molar-refractivity contribution in [3.8, 4) is 23.2 Å². The molecule has 1 atom stereocenters. The lowest BCUT2D eigenvalue weighted by atomic mass is 9.80. The normalized spacial score (nSPS) is 15.8. The lowest BCUT2D eigenvalue weighted by molar-refractivity contribution is -0.207. The third-order valence-electron chi connectivity index (χ3n) is 6.83. The molecule has 0 saturated carbocycles. The van der Waals surface area contributed by atoms with Gasteiger partial charge in [0.25, 0.3) is 0 Å². The Morgan fingerprint density at radius 3 is 2.34 bits per heavy atom. The maximum Gasteiger partial charge on any atom is 0.323 e. The molecular weight excluding hydrogens is 536 g/mol. The molecule has 6 rings (SSSR count). The number of fused-ring (bicyclic) bond motifs is 3. The van der Waals surface area contributed by atoms with Gasteiger partial charge < -0.3 is 10.4 Å². The standard InChI is InChI=1S/C30H20F4N6O/c31-22-8-3-21(4-9-22)16-35-24-11-5-19(6-12-24)1-2-20-7-14-27(36-17-20)30(33,34)29(41)18-40-28(37-38-39-40)25-15-23(32)10-13-26(25)29/h3-15,17,35,41H,16,18H2. The monoisotopic (exact) mass is 556 g/mol. The highest BCUT2D eigenvalue weighted by atomic mass is 19.3. The van der Waals surface area contributed by atoms with Gasteiger partial charge in [0.05, 0.1) is 6.54 Å². The molecule has 0 radical (unpaired) electrons. The van der Waals surface area contributed by atoms with E-state index in [-0.39, 0.29) is 22.8 Å². The van der Waals surface area contributed by atoms with Gasteiger partial charge in [-0.05, 0) is 76.7 Å². The zero-order valence-corrected chi connectivity index (χ0v) is 21.2. The predicted octanol–water partition coefficient (Wildman–Crippen LogP) is 5.02. The molecule has 0 amide bonds. The van der Waals surface area contributed by atoms with Crippen LogP contribution < -0.4 is 5.32 Å². The number of aromatic nitrogens is 5. The largest absolute Gasteiger partial charge is 0.381 e. The zero-order chi connectivity index (χ0) is 28.6. The van der Waals surface area contributed by atoms with Crippen molar-refractivity contribution in [3.05, 3.63) is 125 Å². The second-order valence-corrected chi connectivity index (χ2v) is 9.52. The number of pyridine rings is 1. The summed E-state index contributed by atoms with van der Waals surface area (Å²) in [5, 5.41) is 25.5. The molecule has 0 fully saturated rings. The lowest BCUT2D eigenvalue weighted by Gasteiger charge is -2.39. The van der Waals surface area contributed by atoms with Gasteiger partial charge in [0, 0.05) is 40.7 Å². The van der Waals surface area contributed by atoms with Crippen molar-refractivity contribution < 1.29 is 22.7 Å². The molecule has 5 aromatic rings. The molecule has 0 aliphatic carbocycles. The fourth-order valence-electron chi connectivity index (χ4n) is 4.62. The molecule has 0 bridgehead atoms. The summed E-state index contributed by atoms with van der Waals surface area (Å²) >= 11 is 0. The molecule has 7 nitrogen and oxygen atoms in total. The van der Waals surface area contributed by atoms with Gasteiger partial charge in [0.15, 0.2) is 11.4 Å². The summed E-state index contributed by atoms with van der Waals surface area (Å²) in [6.45, 7) is -0.124. The van der Waals surface area contributed by atoms with Crippen LogP contribution >= 0.6 is 0 Å². The van der Waals surface area contributed by atoms with E-state index in [2.05, 4.69) is 37.7 Å². The Kier molecular flexibility index (Phi) is 6.47. The molecule has 1 aliphatic rings. The minimum atomic E-state index is -3.88. The second-order valence-electron chi connectivity index (χ2n) is 9.52. The first-order chi connectivity index (χ1) is 19.7. The van der Waals surface area contributed by atoms with Crippen molar-refractivity contribution in [1.29, 1.82) is 0 Å². The van der Waals surface area contributed by atoms with Gasteiger partial charge in [-0.2, -0.15) is 8.78 Å². The number of anilines is 1. The van der Waals surface area contributed by atoms with Gasteiger partial charge in [0.1, 0.15) is 17.3 Å². The summed E-state index contributed by atoms with van der Waals surface area (Å²) in [4.78, 5) is 3.91. The average molecular weight is 557 g/mol. The summed E-state index contributed by atoms with van der Waals surface area (Å²) in [5.74, 6) is 1.09. The van der Waals surface area contributed by atoms with Crippen LogP contribution in [0.1, 0.15) is 27.9 Å². The van der Waals surface area contributed by atoms with Crippen molar-refractivity contribution in [2.45, 2.75) is 24.6 Å². The van der Waals surface area contributed by atoms with E-state index in [1.54, 1.807) is 12.1 Å². The van der Waals surface area contributed by atoms with Crippen LogP contribution in [0, 0.1) is 23.5 Å². The second kappa shape index (κ2) is 10.1. The van der Waals surface area contributed by atoms with E-state index in [1.165, 1.54) is 24.4 Å². The fraction of sp³-hybridized carbons (Fsp3) is 0.133. The molecule has 2 aromatic heterocycles. The molecule has 41 heavy (non-hydrogen) atoms. The van der Waals surface area contributed by atoms with Crippen LogP contribution in [0.5, 0.6) is 0 Å². The van der Waals surface area contributed by atoms with Crippen molar-refractivity contribution in [1.82, 2.24) is 25.2 Å². The molecule has 3 heterocycles. The van der Waals surface area contributed by atoms with Crippen molar-refractivity contribution in [3.63, 3.8) is 0 Å². The molecular formula is C30H20F4N6O. The maximum absolute atomic E-state index is 15.9. The summed E-state index contributed by atoms with van der Waals surface area (Å²) in [7, 11) is 0. The minimum Gasteiger partial charge on any atom is -0.381 e. The van der Waals surface area contributed by atoms with Crippen LogP contribution in [-0.4, -0.2) is 30.3 Å². The maximum atomic E-state index is 15.9. The number of tetrazole rings is 1. The van der Waals surface area contributed by atoms with Crippen LogP contribution in [0.15, 0.2) is 85.1 Å². The number of nitrogens with zero attached hydrogens (tertiary/aromatic N) is 5. The Hall–Kier alpha value is -5.08. The van der Waals surface area contributed by atoms with E-state index < -0.39 is 29.6 Å². The van der Waals surface area contributed by atoms with Gasteiger partial charge in [-0.25, -0.2) is 13.5 Å². The number of halogens is 4. The van der Waals surface area contributed by atoms with Crippen molar-refractivity contribution in [2.24, 2.45) is 0 Å². The van der Waals surface area contributed by atoms with Gasteiger partial charge in [0.2, 0.25) is 0 Å². The van der Waals surface area contributed by atoms with E-state index in [4.69, 9.17) is 0 Å². The fourth-order valence-corrected chi connectivity index (χ4v) is 4.62. The number of benzene rings is 3. The number of alkyl halides is 2. The molecule has 1 unspecified atom stereocenters. The average Bonchev–Trinajstić information content (AvgIpc) is 3.45. The van der Waals surface area contributed by atoms with Crippen molar-refractivity contribution >= 4 is 5.69 Å². The SMILES string of the molecule is OC1(C(F)(F)c2ccc(C#Cc3ccc(NCc4ccc(F)cc4)cc3)cn2)Cn2nnnc2-c2cc(F)ccc21. The Morgan fingerprint density at radius 2 is 1.61 bits per heavy atom. The number of hydrogen-bond donors (Lipinski definition) is 2. The zero-order valence-electron chi connectivity index (χ0n) is 21.2. The highest BCUT2D eigenvalue weighted by molar-refractivity contribution is 5.64. The lowest BCUT2D eigenvalue weighted by Crippen LogP contribution is -2.49. The molecule has 2 N–H and O–H groups in total. The number of aliphatic hydroxyl groups is 1. The van der Waals surface area contributed by atoms with E-state index in [1.807, 2.05) is 24.3 Å². The highest BCUT2D eigenvalue weighted by Crippen LogP contribution is 2.50. The summed E-state index contributed by atoms with van der Waals surface area (Å²) in [6.07, 6.45) is 1.20. The predicted molar refractivity (Wildman–Crippen MR) is 141 cm³/mol. The molecule has 3 aromatic carbocycles. The smallest absolute Gasteiger partial charge is 0.323 e. The van der Waals surface area contributed by atoms with Gasteiger partial charge in [-0.3, -0.25) is 4.98 Å². The quantitative estimate of drug-likeness (QED) is 0.234. The van der Waals surface area contributed by atoms with Gasteiger partial charge in [-0.15, -0.1) is 5.10 Å². The van der Waals surface area contributed by atoms with E-state index in [9.17, 15) is 13.9 Å². The first-order valence-electron chi connectivity index (χ1n) is 12.5. The molecule has 0 saturated heterocycles. The third-order valence-corrected chi connectivity index (χ3v) is 6.83. The van der Waals surface area contributed by atoms with Crippen LogP contribution in [0.25, 0.3) is 11.4 Å². The topological polar surface area (TPSA) is 88.8 Å². The summed E-state index contributed by atoms with van der Waals surface area (Å²) in [5.41, 5.74) is -0.819. The van der Waals surface area contributed by atoms with E-state index in [0.29, 0.717) is 17.7 Å². The van der Waals surface area contributed by atoms with Gasteiger partial charge in [-0.1, -0.05) is 30.0 Å². The van der Waals surface area contributed by atoms with Gasteiger partial charge >= 0.3 is 5.92 Å². The van der Waals surface area contributed by atoms with Crippen LogP contribution in [-0.2, 0) is 24.6 Å². The number of nitrogens with one attached hydrogen (secondary N) is 1. The van der Waals surface area contributed by atoms with E-state index >= 15 is 8.78 Å². The van der Waals surface area contributed by atoms with Crippen molar-refractivity contribution in [2.75, 3.05) is 5.32 Å². The molecule has 1 aliphatic heterocycles. The van der Waals surface area contributed by atoms with Crippen LogP contribution in [0.4, 0.5) is 23.2 Å². The Morgan fingerprint density at radius 1 is 0.902 bits per heavy atom. The first kappa shape index (κ1) is 26.2. The van der Waals surface area contributed by atoms with Crippen LogP contribution in [0.2, 0.25) is 0 Å². The Labute approximate surface area is 231 Å². The molecule has 204 valence electrons. The Balaban J connectivity index is 1.18. The number of rotatable bonds is 5. The first-order valence-corrected chi connectivity index (χ1v) is 12.5. The minimum absolute atomic E-state index is 0.0254. The van der Waals surface area contributed by atoms with Crippen LogP contribution in [0.3, 0.4) is 0 Å². The third kappa shape index (κ3) is 4.90. The summed E-state index contributed by atoms with van der Waals surface area (Å²) in [6, 6.07) is 19.1.